The second-order valence-electron chi connectivity index (χ2n) is 10.5. The number of phenols is 1. The van der Waals surface area contributed by atoms with Gasteiger partial charge in [-0.25, -0.2) is 14.2 Å². The molecule has 3 heterocycles. The zero-order chi connectivity index (χ0) is 26.4. The number of halogens is 1. The zero-order valence-corrected chi connectivity index (χ0v) is 21.7. The average molecular weight is 496 g/mol. The number of amides is 2. The fraction of sp³-hybridized carbons (Fsp3) is 0.500. The number of piperidine rings is 1. The van der Waals surface area contributed by atoms with Crippen LogP contribution in [0.5, 0.6) is 5.75 Å². The molecule has 4 rings (SSSR count). The fourth-order valence-electron chi connectivity index (χ4n) is 5.43. The number of hydrogen-bond donors (Lipinski definition) is 1. The Morgan fingerprint density at radius 1 is 1.19 bits per heavy atom. The molecule has 1 N–H and O–H groups in total. The Bertz CT molecular complexity index is 1200. The van der Waals surface area contributed by atoms with Gasteiger partial charge in [0, 0.05) is 37.8 Å². The highest BCUT2D eigenvalue weighted by molar-refractivity contribution is 6.07. The number of aromatic nitrogens is 2. The Hall–Kier alpha value is -3.40. The van der Waals surface area contributed by atoms with E-state index in [1.807, 2.05) is 25.9 Å². The number of carbonyl (C=O) groups excluding carboxylic acids is 1. The molecule has 4 atom stereocenters. The predicted octanol–water partition coefficient (Wildman–Crippen LogP) is 3.77. The van der Waals surface area contributed by atoms with Crippen LogP contribution in [0.3, 0.4) is 0 Å². The molecule has 10 heteroatoms. The third-order valence-electron chi connectivity index (χ3n) is 8.10. The third-order valence-corrected chi connectivity index (χ3v) is 8.10. The molecule has 2 aromatic rings. The molecule has 0 spiro atoms. The van der Waals surface area contributed by atoms with Crippen LogP contribution in [0.15, 0.2) is 40.3 Å². The molecule has 1 aromatic carbocycles. The highest BCUT2D eigenvalue weighted by Crippen LogP contribution is 2.51. The van der Waals surface area contributed by atoms with Gasteiger partial charge in [-0.3, -0.25) is 4.90 Å². The van der Waals surface area contributed by atoms with Crippen LogP contribution in [-0.2, 0) is 0 Å². The van der Waals surface area contributed by atoms with Crippen LogP contribution in [0.25, 0.3) is 11.3 Å². The van der Waals surface area contributed by atoms with E-state index in [0.29, 0.717) is 29.1 Å². The minimum absolute atomic E-state index is 0.0449. The highest BCUT2D eigenvalue weighted by atomic mass is 19.1. The number of carbonyl (C=O) groups is 1. The normalized spacial score (nSPS) is 28.1. The second kappa shape index (κ2) is 9.24. The van der Waals surface area contributed by atoms with Gasteiger partial charge >= 0.3 is 6.03 Å². The number of hydrogen-bond acceptors (Lipinski definition) is 6. The molecule has 0 aliphatic carbocycles. The van der Waals surface area contributed by atoms with E-state index < -0.39 is 17.7 Å². The highest BCUT2D eigenvalue weighted by Gasteiger charge is 2.60. The lowest BCUT2D eigenvalue weighted by Gasteiger charge is -2.53. The van der Waals surface area contributed by atoms with E-state index >= 15 is 4.39 Å². The summed E-state index contributed by atoms with van der Waals surface area (Å²) in [6.45, 7) is 7.69. The van der Waals surface area contributed by atoms with Crippen LogP contribution >= 0.6 is 0 Å². The van der Waals surface area contributed by atoms with E-state index in [1.54, 1.807) is 38.4 Å². The Morgan fingerprint density at radius 2 is 1.92 bits per heavy atom. The molecule has 1 aromatic heterocycles. The molecule has 0 saturated carbocycles. The zero-order valence-electron chi connectivity index (χ0n) is 21.7. The maximum absolute atomic E-state index is 15.7. The van der Waals surface area contributed by atoms with E-state index in [0.717, 1.165) is 12.8 Å². The molecular formula is C26H34FN7O2. The maximum atomic E-state index is 15.7. The Morgan fingerprint density at radius 3 is 2.50 bits per heavy atom. The van der Waals surface area contributed by atoms with Crippen molar-refractivity contribution in [1.82, 2.24) is 20.0 Å². The average Bonchev–Trinajstić information content (AvgIpc) is 3.03. The summed E-state index contributed by atoms with van der Waals surface area (Å²) in [6.07, 6.45) is 1.50. The summed E-state index contributed by atoms with van der Waals surface area (Å²) in [6, 6.07) is 7.55. The molecule has 0 radical (unpaired) electrons. The summed E-state index contributed by atoms with van der Waals surface area (Å²) in [7, 11) is 7.06. The lowest BCUT2D eigenvalue weighted by Crippen LogP contribution is -2.66. The van der Waals surface area contributed by atoms with Crippen molar-refractivity contribution < 1.29 is 14.3 Å². The van der Waals surface area contributed by atoms with Gasteiger partial charge in [0.05, 0.1) is 17.3 Å². The van der Waals surface area contributed by atoms with Crippen molar-refractivity contribution >= 4 is 24.4 Å². The van der Waals surface area contributed by atoms with Crippen molar-refractivity contribution in [3.8, 4) is 17.0 Å². The van der Waals surface area contributed by atoms with Gasteiger partial charge < -0.3 is 14.9 Å². The minimum Gasteiger partial charge on any atom is -0.507 e. The number of alkyl halides is 1. The lowest BCUT2D eigenvalue weighted by atomic mass is 9.80. The van der Waals surface area contributed by atoms with Crippen molar-refractivity contribution in [2.45, 2.75) is 56.4 Å². The van der Waals surface area contributed by atoms with Gasteiger partial charge in [-0.2, -0.15) is 4.99 Å². The van der Waals surface area contributed by atoms with Gasteiger partial charge in [-0.05, 0) is 71.1 Å². The summed E-state index contributed by atoms with van der Waals surface area (Å²) in [4.78, 5) is 25.1. The molecule has 192 valence electrons. The van der Waals surface area contributed by atoms with Crippen molar-refractivity contribution in [2.75, 3.05) is 33.1 Å². The van der Waals surface area contributed by atoms with E-state index in [9.17, 15) is 9.90 Å². The van der Waals surface area contributed by atoms with Crippen molar-refractivity contribution in [3.05, 3.63) is 35.9 Å². The molecule has 2 amide bonds. The third kappa shape index (κ3) is 4.23. The summed E-state index contributed by atoms with van der Waals surface area (Å²) in [5.41, 5.74) is 0.829. The maximum Gasteiger partial charge on any atom is 0.345 e. The van der Waals surface area contributed by atoms with E-state index in [1.165, 1.54) is 11.0 Å². The van der Waals surface area contributed by atoms with Crippen molar-refractivity contribution in [3.63, 3.8) is 0 Å². The first-order valence-corrected chi connectivity index (χ1v) is 12.0. The number of urea groups is 1. The predicted molar refractivity (Wildman–Crippen MR) is 140 cm³/mol. The van der Waals surface area contributed by atoms with Crippen molar-refractivity contribution in [2.24, 2.45) is 9.98 Å². The molecule has 2 saturated heterocycles. The van der Waals surface area contributed by atoms with Crippen LogP contribution in [0.1, 0.15) is 38.7 Å². The Kier molecular flexibility index (Phi) is 6.59. The van der Waals surface area contributed by atoms with Crippen LogP contribution in [0, 0.1) is 0 Å². The number of rotatable bonds is 4. The monoisotopic (exact) mass is 495 g/mol. The number of phenolic OH excluding ortho intramolecular Hbond substituents is 1. The molecule has 2 bridgehead atoms. The summed E-state index contributed by atoms with van der Waals surface area (Å²) < 4.78 is 15.7. The lowest BCUT2D eigenvalue weighted by molar-refractivity contribution is -0.0359. The molecule has 9 nitrogen and oxygen atoms in total. The molecule has 0 unspecified atom stereocenters. The standard InChI is InChI=1S/C26H34FN7O2/c1-25-12-13-26(2,34(25)7)22(27)19(15-25)33(6)21-11-10-18(30-31-21)17-9-8-16(14-20(17)35)23(28-3)29-24(36)32(4)5/h8-11,14,19,22,35H,3,12-13,15H2,1-2,4-7H3/t19-,22-,25-,26+/m0/s1. The van der Waals surface area contributed by atoms with E-state index in [4.69, 9.17) is 0 Å². The first-order chi connectivity index (χ1) is 16.9. The van der Waals surface area contributed by atoms with Gasteiger partial charge in [-0.1, -0.05) is 6.07 Å². The van der Waals surface area contributed by atoms with Gasteiger partial charge in [-0.15, -0.1) is 10.2 Å². The van der Waals surface area contributed by atoms with Gasteiger partial charge in [0.2, 0.25) is 0 Å². The van der Waals surface area contributed by atoms with Crippen molar-refractivity contribution in [1.29, 1.82) is 0 Å². The minimum atomic E-state index is -1.02. The first kappa shape index (κ1) is 25.7. The van der Waals surface area contributed by atoms with Crippen LogP contribution in [0.4, 0.5) is 15.0 Å². The first-order valence-electron chi connectivity index (χ1n) is 12.0. The molecule has 2 fully saturated rings. The largest absolute Gasteiger partial charge is 0.507 e. The second-order valence-corrected chi connectivity index (χ2v) is 10.5. The molecular weight excluding hydrogens is 461 g/mol. The number of benzene rings is 1. The van der Waals surface area contributed by atoms with Crippen LogP contribution < -0.4 is 4.90 Å². The smallest absolute Gasteiger partial charge is 0.345 e. The number of amidine groups is 1. The fourth-order valence-corrected chi connectivity index (χ4v) is 5.43. The van der Waals surface area contributed by atoms with Crippen LogP contribution in [0.2, 0.25) is 0 Å². The van der Waals surface area contributed by atoms with Gasteiger partial charge in [0.1, 0.15) is 11.9 Å². The molecule has 2 aliphatic heterocycles. The van der Waals surface area contributed by atoms with E-state index in [2.05, 4.69) is 38.7 Å². The van der Waals surface area contributed by atoms with E-state index in [-0.39, 0.29) is 23.2 Å². The Labute approximate surface area is 211 Å². The number of nitrogens with zero attached hydrogens (tertiary/aromatic N) is 7. The number of aromatic hydroxyl groups is 1. The SMILES string of the molecule is C=NC(=NC(=O)N(C)C)c1ccc(-c2ccc(N(C)[C@H]3C[C@]4(C)CC[C@](C)([C@H]3F)N4C)nn2)c(O)c1. The Balaban J connectivity index is 1.56. The topological polar surface area (TPSA) is 97.5 Å². The van der Waals surface area contributed by atoms with Gasteiger partial charge in [0.25, 0.3) is 0 Å². The quantitative estimate of drug-likeness (QED) is 0.512. The number of anilines is 1. The molecule has 36 heavy (non-hydrogen) atoms. The summed E-state index contributed by atoms with van der Waals surface area (Å²) >= 11 is 0. The summed E-state index contributed by atoms with van der Waals surface area (Å²) in [5.74, 6) is 0.619. The van der Waals surface area contributed by atoms with Gasteiger partial charge in [0.15, 0.2) is 11.7 Å². The number of aliphatic imine (C=N–C) groups is 2. The molecule has 2 aliphatic rings. The number of fused-ring (bicyclic) bond motifs is 2. The summed E-state index contributed by atoms with van der Waals surface area (Å²) in [5, 5.41) is 19.3. The van der Waals surface area contributed by atoms with Crippen LogP contribution in [-0.4, -0.2) is 95.2 Å².